The highest BCUT2D eigenvalue weighted by Gasteiger charge is 2.14. The molecule has 0 spiro atoms. The number of likely N-dealkylation sites (N-methyl/N-ethyl adjacent to an activating group) is 1. The van der Waals surface area contributed by atoms with E-state index in [1.54, 1.807) is 36.9 Å². The van der Waals surface area contributed by atoms with Gasteiger partial charge in [-0.3, -0.25) is 4.79 Å². The van der Waals surface area contributed by atoms with Gasteiger partial charge in [0.25, 0.3) is 0 Å². The molecule has 94 valence electrons. The predicted octanol–water partition coefficient (Wildman–Crippen LogP) is 2.60. The van der Waals surface area contributed by atoms with Gasteiger partial charge < -0.3 is 9.64 Å². The van der Waals surface area contributed by atoms with Crippen LogP contribution in [0.25, 0.3) is 0 Å². The van der Waals surface area contributed by atoms with E-state index < -0.39 is 0 Å². The van der Waals surface area contributed by atoms with Crippen molar-refractivity contribution in [3.8, 4) is 0 Å². The third-order valence-corrected chi connectivity index (χ3v) is 2.26. The zero-order chi connectivity index (χ0) is 12.8. The van der Waals surface area contributed by atoms with Crippen LogP contribution in [0.5, 0.6) is 0 Å². The summed E-state index contributed by atoms with van der Waals surface area (Å²) in [4.78, 5) is 13.2. The zero-order valence-corrected chi connectivity index (χ0v) is 10.4. The fourth-order valence-electron chi connectivity index (χ4n) is 1.53. The molecule has 0 radical (unpaired) electrons. The lowest BCUT2D eigenvalue weighted by Gasteiger charge is -2.23. The first-order valence-corrected chi connectivity index (χ1v) is 5.73. The van der Waals surface area contributed by atoms with E-state index in [-0.39, 0.29) is 24.4 Å². The molecule has 0 heterocycles. The minimum atomic E-state index is -0.342. The van der Waals surface area contributed by atoms with Crippen LogP contribution in [0, 0.1) is 5.82 Å². The minimum Gasteiger partial charge on any atom is -0.462 e. The van der Waals surface area contributed by atoms with E-state index in [1.165, 1.54) is 6.07 Å². The molecule has 1 aromatic carbocycles. The number of ether oxygens (including phenoxy) is 1. The first-order valence-electron chi connectivity index (χ1n) is 5.73. The van der Waals surface area contributed by atoms with Crippen molar-refractivity contribution in [2.45, 2.75) is 26.9 Å². The Labute approximate surface area is 101 Å². The van der Waals surface area contributed by atoms with Crippen LogP contribution in [-0.4, -0.2) is 25.2 Å². The maximum absolute atomic E-state index is 13.5. The number of rotatable bonds is 5. The average Bonchev–Trinajstić information content (AvgIpc) is 2.26. The first-order chi connectivity index (χ1) is 8.04. The van der Waals surface area contributed by atoms with Crippen LogP contribution in [0.1, 0.15) is 20.8 Å². The Morgan fingerprint density at radius 1 is 1.41 bits per heavy atom. The van der Waals surface area contributed by atoms with Gasteiger partial charge in [0.15, 0.2) is 0 Å². The number of esters is 1. The normalized spacial score (nSPS) is 10.4. The lowest BCUT2D eigenvalue weighted by molar-refractivity contribution is -0.145. The SMILES string of the molecule is CCN(CC(=O)OC(C)C)c1ccccc1F. The molecule has 0 saturated heterocycles. The Morgan fingerprint density at radius 2 is 2.06 bits per heavy atom. The monoisotopic (exact) mass is 239 g/mol. The number of benzene rings is 1. The molecule has 0 aliphatic heterocycles. The molecule has 4 heteroatoms. The summed E-state index contributed by atoms with van der Waals surface area (Å²) in [6.45, 7) is 6.06. The summed E-state index contributed by atoms with van der Waals surface area (Å²) in [5.74, 6) is -0.670. The topological polar surface area (TPSA) is 29.5 Å². The molecule has 0 saturated carbocycles. The van der Waals surface area contributed by atoms with Crippen LogP contribution < -0.4 is 4.90 Å². The van der Waals surface area contributed by atoms with E-state index in [4.69, 9.17) is 4.74 Å². The number of carbonyl (C=O) groups excluding carboxylic acids is 1. The summed E-state index contributed by atoms with van der Waals surface area (Å²) in [6, 6.07) is 6.40. The summed E-state index contributed by atoms with van der Waals surface area (Å²) in [7, 11) is 0. The van der Waals surface area contributed by atoms with Crippen molar-refractivity contribution in [3.63, 3.8) is 0 Å². The third-order valence-electron chi connectivity index (χ3n) is 2.26. The van der Waals surface area contributed by atoms with E-state index in [1.807, 2.05) is 6.92 Å². The maximum atomic E-state index is 13.5. The number of anilines is 1. The van der Waals surface area contributed by atoms with Gasteiger partial charge in [0.1, 0.15) is 12.4 Å². The lowest BCUT2D eigenvalue weighted by Crippen LogP contribution is -2.32. The summed E-state index contributed by atoms with van der Waals surface area (Å²) in [5.41, 5.74) is 0.427. The summed E-state index contributed by atoms with van der Waals surface area (Å²) >= 11 is 0. The Balaban J connectivity index is 2.73. The van der Waals surface area contributed by atoms with Gasteiger partial charge in [0.05, 0.1) is 11.8 Å². The van der Waals surface area contributed by atoms with Crippen LogP contribution in [0.3, 0.4) is 0 Å². The second-order valence-electron chi connectivity index (χ2n) is 4.00. The summed E-state index contributed by atoms with van der Waals surface area (Å²) in [5, 5.41) is 0. The average molecular weight is 239 g/mol. The van der Waals surface area contributed by atoms with E-state index in [9.17, 15) is 9.18 Å². The van der Waals surface area contributed by atoms with Gasteiger partial charge in [-0.1, -0.05) is 12.1 Å². The van der Waals surface area contributed by atoms with Gasteiger partial charge >= 0.3 is 5.97 Å². The van der Waals surface area contributed by atoms with Gasteiger partial charge in [-0.05, 0) is 32.9 Å². The molecule has 1 rings (SSSR count). The number of carbonyl (C=O) groups is 1. The number of halogens is 1. The number of hydrogen-bond acceptors (Lipinski definition) is 3. The highest BCUT2D eigenvalue weighted by atomic mass is 19.1. The van der Waals surface area contributed by atoms with Crippen LogP contribution >= 0.6 is 0 Å². The summed E-state index contributed by atoms with van der Waals surface area (Å²) < 4.78 is 18.6. The van der Waals surface area contributed by atoms with Crippen molar-refractivity contribution in [1.82, 2.24) is 0 Å². The largest absolute Gasteiger partial charge is 0.462 e. The van der Waals surface area contributed by atoms with Crippen molar-refractivity contribution in [1.29, 1.82) is 0 Å². The van der Waals surface area contributed by atoms with Crippen LogP contribution in [0.15, 0.2) is 24.3 Å². The smallest absolute Gasteiger partial charge is 0.325 e. The number of para-hydroxylation sites is 1. The summed E-state index contributed by atoms with van der Waals surface area (Å²) in [6.07, 6.45) is -0.151. The van der Waals surface area contributed by atoms with Crippen molar-refractivity contribution in [2.24, 2.45) is 0 Å². The van der Waals surface area contributed by atoms with Gasteiger partial charge in [-0.2, -0.15) is 0 Å². The molecule has 0 aromatic heterocycles. The van der Waals surface area contributed by atoms with E-state index in [0.29, 0.717) is 12.2 Å². The van der Waals surface area contributed by atoms with Crippen LogP contribution in [0.2, 0.25) is 0 Å². The molecule has 0 amide bonds. The molecule has 0 N–H and O–H groups in total. The fraction of sp³-hybridized carbons (Fsp3) is 0.462. The fourth-order valence-corrected chi connectivity index (χ4v) is 1.53. The standard InChI is InChI=1S/C13H18FNO2/c1-4-15(9-13(16)17-10(2)3)12-8-6-5-7-11(12)14/h5-8,10H,4,9H2,1-3H3. The quantitative estimate of drug-likeness (QED) is 0.740. The molecule has 17 heavy (non-hydrogen) atoms. The molecular weight excluding hydrogens is 221 g/mol. The second-order valence-corrected chi connectivity index (χ2v) is 4.00. The van der Waals surface area contributed by atoms with Gasteiger partial charge in [0.2, 0.25) is 0 Å². The molecule has 0 aliphatic rings. The highest BCUT2D eigenvalue weighted by Crippen LogP contribution is 2.18. The Hall–Kier alpha value is -1.58. The third kappa shape index (κ3) is 4.06. The maximum Gasteiger partial charge on any atom is 0.325 e. The molecule has 0 atom stereocenters. The van der Waals surface area contributed by atoms with Crippen LogP contribution in [0.4, 0.5) is 10.1 Å². The minimum absolute atomic E-state index is 0.0651. The number of nitrogens with zero attached hydrogens (tertiary/aromatic N) is 1. The first kappa shape index (κ1) is 13.5. The molecule has 3 nitrogen and oxygen atoms in total. The molecule has 0 bridgehead atoms. The van der Waals surface area contributed by atoms with E-state index in [0.717, 1.165) is 0 Å². The molecule has 1 aromatic rings. The molecule has 0 fully saturated rings. The highest BCUT2D eigenvalue weighted by molar-refractivity contribution is 5.76. The Morgan fingerprint density at radius 3 is 2.59 bits per heavy atom. The molecule has 0 unspecified atom stereocenters. The number of hydrogen-bond donors (Lipinski definition) is 0. The van der Waals surface area contributed by atoms with Gasteiger partial charge in [-0.25, -0.2) is 4.39 Å². The molecule has 0 aliphatic carbocycles. The predicted molar refractivity (Wildman–Crippen MR) is 65.5 cm³/mol. The Bertz CT molecular complexity index is 379. The van der Waals surface area contributed by atoms with Crippen molar-refractivity contribution < 1.29 is 13.9 Å². The second kappa shape index (κ2) is 6.23. The van der Waals surface area contributed by atoms with Gasteiger partial charge in [0, 0.05) is 6.54 Å². The van der Waals surface area contributed by atoms with E-state index in [2.05, 4.69) is 0 Å². The van der Waals surface area contributed by atoms with Crippen LogP contribution in [-0.2, 0) is 9.53 Å². The zero-order valence-electron chi connectivity index (χ0n) is 10.4. The van der Waals surface area contributed by atoms with Crippen molar-refractivity contribution in [2.75, 3.05) is 18.0 Å². The van der Waals surface area contributed by atoms with Crippen molar-refractivity contribution in [3.05, 3.63) is 30.1 Å². The van der Waals surface area contributed by atoms with Gasteiger partial charge in [-0.15, -0.1) is 0 Å². The van der Waals surface area contributed by atoms with E-state index >= 15 is 0 Å². The Kier molecular flexibility index (Phi) is 4.94. The van der Waals surface area contributed by atoms with Crippen molar-refractivity contribution >= 4 is 11.7 Å². The lowest BCUT2D eigenvalue weighted by atomic mass is 10.2. The molecular formula is C13H18FNO2.